The number of nitrogens with zero attached hydrogens (tertiary/aromatic N) is 2. The summed E-state index contributed by atoms with van der Waals surface area (Å²) in [5.41, 5.74) is 0.877. The molecule has 7 heteroatoms. The standard InChI is InChI=1S/C12H11N3O4/c16-8-3-1-2-7-6-15(11(18)10(7)8)14-5-4-9(17)13-12(14)19/h1-3,16H,4-6H2,(H,13,17,19). The quantitative estimate of drug-likeness (QED) is 0.756. The molecule has 1 saturated heterocycles. The summed E-state index contributed by atoms with van der Waals surface area (Å²) in [6.07, 6.45) is 0.151. The van der Waals surface area contributed by atoms with Crippen molar-refractivity contribution in [3.05, 3.63) is 29.3 Å². The Kier molecular flexibility index (Phi) is 2.41. The molecule has 1 aromatic carbocycles. The van der Waals surface area contributed by atoms with Gasteiger partial charge >= 0.3 is 6.03 Å². The summed E-state index contributed by atoms with van der Waals surface area (Å²) < 4.78 is 0. The minimum atomic E-state index is -0.614. The van der Waals surface area contributed by atoms with Crippen molar-refractivity contribution in [1.29, 1.82) is 0 Å². The molecule has 2 N–H and O–H groups in total. The normalized spacial score (nSPS) is 18.6. The van der Waals surface area contributed by atoms with E-state index in [1.807, 2.05) is 0 Å². The number of hydrogen-bond donors (Lipinski definition) is 2. The van der Waals surface area contributed by atoms with E-state index in [2.05, 4.69) is 5.32 Å². The van der Waals surface area contributed by atoms with E-state index in [-0.39, 0.29) is 36.7 Å². The Morgan fingerprint density at radius 1 is 1.16 bits per heavy atom. The number of carbonyl (C=O) groups excluding carboxylic acids is 3. The molecule has 2 aliphatic rings. The zero-order valence-corrected chi connectivity index (χ0v) is 9.92. The van der Waals surface area contributed by atoms with Crippen molar-refractivity contribution in [2.24, 2.45) is 0 Å². The van der Waals surface area contributed by atoms with Gasteiger partial charge < -0.3 is 5.11 Å². The topological polar surface area (TPSA) is 90.0 Å². The van der Waals surface area contributed by atoms with Crippen molar-refractivity contribution in [3.8, 4) is 5.75 Å². The van der Waals surface area contributed by atoms with Crippen molar-refractivity contribution in [1.82, 2.24) is 15.3 Å². The van der Waals surface area contributed by atoms with Crippen LogP contribution in [0.5, 0.6) is 5.75 Å². The highest BCUT2D eigenvalue weighted by Crippen LogP contribution is 2.31. The molecule has 2 heterocycles. The van der Waals surface area contributed by atoms with Gasteiger partial charge in [-0.25, -0.2) is 14.8 Å². The van der Waals surface area contributed by atoms with E-state index in [0.717, 1.165) is 0 Å². The number of carbonyl (C=O) groups is 3. The second-order valence-electron chi connectivity index (χ2n) is 4.40. The Morgan fingerprint density at radius 2 is 1.95 bits per heavy atom. The molecule has 4 amide bonds. The van der Waals surface area contributed by atoms with Gasteiger partial charge in [0.1, 0.15) is 5.75 Å². The number of rotatable bonds is 1. The number of hydrazine groups is 1. The molecule has 3 rings (SSSR count). The highest BCUT2D eigenvalue weighted by Gasteiger charge is 2.38. The van der Waals surface area contributed by atoms with Crippen LogP contribution < -0.4 is 5.32 Å². The number of amides is 4. The van der Waals surface area contributed by atoms with Gasteiger partial charge in [0.25, 0.3) is 5.91 Å². The Balaban J connectivity index is 1.90. The van der Waals surface area contributed by atoms with E-state index in [9.17, 15) is 19.5 Å². The first-order valence-corrected chi connectivity index (χ1v) is 5.82. The van der Waals surface area contributed by atoms with Crippen LogP contribution >= 0.6 is 0 Å². The van der Waals surface area contributed by atoms with E-state index in [1.165, 1.54) is 16.1 Å². The minimum absolute atomic E-state index is 0.0986. The van der Waals surface area contributed by atoms with Crippen LogP contribution in [0.3, 0.4) is 0 Å². The van der Waals surface area contributed by atoms with Gasteiger partial charge in [0, 0.05) is 6.42 Å². The average Bonchev–Trinajstić information content (AvgIpc) is 2.68. The number of hydrogen-bond acceptors (Lipinski definition) is 4. The second-order valence-corrected chi connectivity index (χ2v) is 4.40. The Bertz CT molecular complexity index is 599. The average molecular weight is 261 g/mol. The summed E-state index contributed by atoms with van der Waals surface area (Å²) in [6.45, 7) is 0.370. The van der Waals surface area contributed by atoms with Gasteiger partial charge in [-0.05, 0) is 11.6 Å². The van der Waals surface area contributed by atoms with E-state index >= 15 is 0 Å². The largest absolute Gasteiger partial charge is 0.507 e. The van der Waals surface area contributed by atoms with Gasteiger partial charge in [0.2, 0.25) is 5.91 Å². The third-order valence-electron chi connectivity index (χ3n) is 3.22. The van der Waals surface area contributed by atoms with Crippen molar-refractivity contribution < 1.29 is 19.5 Å². The third-order valence-corrected chi connectivity index (χ3v) is 3.22. The fourth-order valence-electron chi connectivity index (χ4n) is 2.31. The molecule has 7 nitrogen and oxygen atoms in total. The van der Waals surface area contributed by atoms with Crippen LogP contribution in [0.1, 0.15) is 22.3 Å². The van der Waals surface area contributed by atoms with Crippen LogP contribution in [-0.4, -0.2) is 39.5 Å². The van der Waals surface area contributed by atoms with Crippen molar-refractivity contribution in [3.63, 3.8) is 0 Å². The molecule has 1 aromatic rings. The minimum Gasteiger partial charge on any atom is -0.507 e. The van der Waals surface area contributed by atoms with Gasteiger partial charge in [0.15, 0.2) is 0 Å². The molecule has 98 valence electrons. The maximum Gasteiger partial charge on any atom is 0.342 e. The van der Waals surface area contributed by atoms with Crippen LogP contribution in [0.15, 0.2) is 18.2 Å². The first-order chi connectivity index (χ1) is 9.08. The number of nitrogens with one attached hydrogen (secondary N) is 1. The van der Waals surface area contributed by atoms with Crippen molar-refractivity contribution in [2.75, 3.05) is 6.54 Å². The molecule has 0 atom stereocenters. The zero-order chi connectivity index (χ0) is 13.6. The first kappa shape index (κ1) is 11.5. The number of aromatic hydroxyl groups is 1. The van der Waals surface area contributed by atoms with Gasteiger partial charge in [-0.3, -0.25) is 14.9 Å². The van der Waals surface area contributed by atoms with Crippen LogP contribution in [0.25, 0.3) is 0 Å². The summed E-state index contributed by atoms with van der Waals surface area (Å²) in [4.78, 5) is 35.0. The number of imide groups is 1. The molecule has 0 saturated carbocycles. The van der Waals surface area contributed by atoms with Crippen molar-refractivity contribution in [2.45, 2.75) is 13.0 Å². The maximum atomic E-state index is 12.2. The van der Waals surface area contributed by atoms with Crippen LogP contribution in [-0.2, 0) is 11.3 Å². The Morgan fingerprint density at radius 3 is 2.63 bits per heavy atom. The number of phenolic OH excluding ortho intramolecular Hbond substituents is 1. The smallest absolute Gasteiger partial charge is 0.342 e. The predicted molar refractivity (Wildman–Crippen MR) is 62.8 cm³/mol. The highest BCUT2D eigenvalue weighted by atomic mass is 16.3. The highest BCUT2D eigenvalue weighted by molar-refractivity contribution is 6.03. The number of urea groups is 1. The van der Waals surface area contributed by atoms with Gasteiger partial charge in [0.05, 0.1) is 18.7 Å². The van der Waals surface area contributed by atoms with E-state index in [1.54, 1.807) is 12.1 Å². The summed E-state index contributed by atoms with van der Waals surface area (Å²) in [5.74, 6) is -0.885. The van der Waals surface area contributed by atoms with Gasteiger partial charge in [-0.2, -0.15) is 0 Å². The zero-order valence-electron chi connectivity index (χ0n) is 9.92. The van der Waals surface area contributed by atoms with E-state index in [0.29, 0.717) is 5.56 Å². The molecule has 0 spiro atoms. The summed E-state index contributed by atoms with van der Waals surface area (Å²) >= 11 is 0. The second kappa shape index (κ2) is 3.98. The van der Waals surface area contributed by atoms with E-state index < -0.39 is 11.9 Å². The van der Waals surface area contributed by atoms with Crippen LogP contribution in [0.2, 0.25) is 0 Å². The first-order valence-electron chi connectivity index (χ1n) is 5.82. The van der Waals surface area contributed by atoms with Crippen molar-refractivity contribution >= 4 is 17.8 Å². The molecule has 1 fully saturated rings. The summed E-state index contributed by atoms with van der Waals surface area (Å²) in [7, 11) is 0. The lowest BCUT2D eigenvalue weighted by Crippen LogP contribution is -2.56. The molecule has 2 aliphatic heterocycles. The molecule has 0 unspecified atom stereocenters. The fraction of sp³-hybridized carbons (Fsp3) is 0.250. The lowest BCUT2D eigenvalue weighted by atomic mass is 10.1. The lowest BCUT2D eigenvalue weighted by molar-refractivity contribution is -0.123. The van der Waals surface area contributed by atoms with Crippen LogP contribution in [0, 0.1) is 0 Å². The monoisotopic (exact) mass is 261 g/mol. The van der Waals surface area contributed by atoms with Crippen LogP contribution in [0.4, 0.5) is 4.79 Å². The summed E-state index contributed by atoms with van der Waals surface area (Å²) in [5, 5.41) is 14.3. The molecular formula is C12H11N3O4. The molecule has 0 aliphatic carbocycles. The predicted octanol–water partition coefficient (Wildman–Crippen LogP) is 0.205. The molecule has 0 aromatic heterocycles. The fourth-order valence-corrected chi connectivity index (χ4v) is 2.31. The molecule has 0 bridgehead atoms. The Labute approximate surface area is 108 Å². The van der Waals surface area contributed by atoms with Gasteiger partial charge in [-0.1, -0.05) is 12.1 Å². The summed E-state index contributed by atoms with van der Waals surface area (Å²) in [6, 6.07) is 4.18. The maximum absolute atomic E-state index is 12.2. The lowest BCUT2D eigenvalue weighted by Gasteiger charge is -2.33. The number of benzene rings is 1. The molecular weight excluding hydrogens is 250 g/mol. The number of phenols is 1. The molecule has 0 radical (unpaired) electrons. The third kappa shape index (κ3) is 1.70. The molecule has 19 heavy (non-hydrogen) atoms. The van der Waals surface area contributed by atoms with Gasteiger partial charge in [-0.15, -0.1) is 0 Å². The Hall–Kier alpha value is -2.57. The number of fused-ring (bicyclic) bond motifs is 1. The van der Waals surface area contributed by atoms with E-state index in [4.69, 9.17) is 0 Å². The SMILES string of the molecule is O=C1CCN(N2Cc3cccc(O)c3C2=O)C(=O)N1.